The zero-order valence-corrected chi connectivity index (χ0v) is 12.7. The summed E-state index contributed by atoms with van der Waals surface area (Å²) in [7, 11) is 0. The Morgan fingerprint density at radius 2 is 2.11 bits per heavy atom. The lowest BCUT2D eigenvalue weighted by Gasteiger charge is -2.29. The largest absolute Gasteiger partial charge is 0.369 e. The summed E-state index contributed by atoms with van der Waals surface area (Å²) >= 11 is 6.17. The van der Waals surface area contributed by atoms with E-state index in [9.17, 15) is 0 Å². The Balaban J connectivity index is 2.00. The third-order valence-electron chi connectivity index (χ3n) is 4.21. The van der Waals surface area contributed by atoms with E-state index in [2.05, 4.69) is 29.1 Å². The minimum absolute atomic E-state index is 0.594. The maximum absolute atomic E-state index is 6.17. The van der Waals surface area contributed by atoms with Crippen molar-refractivity contribution in [2.75, 3.05) is 11.9 Å². The first-order chi connectivity index (χ1) is 9.22. The van der Waals surface area contributed by atoms with Gasteiger partial charge in [-0.3, -0.25) is 0 Å². The highest BCUT2D eigenvalue weighted by molar-refractivity contribution is 6.30. The van der Waals surface area contributed by atoms with Crippen LogP contribution in [-0.2, 0) is 6.42 Å². The van der Waals surface area contributed by atoms with Gasteiger partial charge in [-0.1, -0.05) is 51.1 Å². The lowest BCUT2D eigenvalue weighted by molar-refractivity contribution is 0.268. The van der Waals surface area contributed by atoms with Crippen molar-refractivity contribution in [2.24, 2.45) is 11.8 Å². The van der Waals surface area contributed by atoms with Crippen LogP contribution in [0.1, 0.15) is 51.5 Å². The Hall–Kier alpha value is -0.830. The highest BCUT2D eigenvalue weighted by Crippen LogP contribution is 2.30. The molecule has 0 bridgehead atoms. The molecule has 4 heteroatoms. The highest BCUT2D eigenvalue weighted by Gasteiger charge is 2.21. The van der Waals surface area contributed by atoms with E-state index in [4.69, 9.17) is 11.6 Å². The van der Waals surface area contributed by atoms with E-state index in [0.717, 1.165) is 42.6 Å². The first-order valence-corrected chi connectivity index (χ1v) is 7.83. The Bertz CT molecular complexity index is 408. The van der Waals surface area contributed by atoms with E-state index in [1.165, 1.54) is 25.7 Å². The van der Waals surface area contributed by atoms with Gasteiger partial charge in [0.1, 0.15) is 17.3 Å². The number of nitrogens with one attached hydrogen (secondary N) is 1. The van der Waals surface area contributed by atoms with E-state index in [1.807, 2.05) is 0 Å². The Morgan fingerprint density at radius 3 is 2.84 bits per heavy atom. The van der Waals surface area contributed by atoms with Gasteiger partial charge in [0.05, 0.1) is 0 Å². The van der Waals surface area contributed by atoms with Crippen molar-refractivity contribution < 1.29 is 0 Å². The van der Waals surface area contributed by atoms with Gasteiger partial charge in [-0.2, -0.15) is 0 Å². The number of anilines is 1. The van der Waals surface area contributed by atoms with Gasteiger partial charge in [0.25, 0.3) is 0 Å². The summed E-state index contributed by atoms with van der Waals surface area (Å²) in [5.41, 5.74) is 1.06. The second-order valence-electron chi connectivity index (χ2n) is 5.64. The van der Waals surface area contributed by atoms with Crippen molar-refractivity contribution in [3.05, 3.63) is 17.0 Å². The van der Waals surface area contributed by atoms with Crippen LogP contribution in [0.4, 0.5) is 5.82 Å². The molecule has 1 heterocycles. The standard InChI is InChI=1S/C15H24ClN3/c1-3-6-13-14(16)18-10-19-15(13)17-9-12-8-5-4-7-11(12)2/h10-12H,3-9H2,1-2H3,(H,17,18,19). The maximum Gasteiger partial charge on any atom is 0.137 e. The molecule has 1 saturated carbocycles. The minimum atomic E-state index is 0.594. The number of hydrogen-bond acceptors (Lipinski definition) is 3. The molecule has 2 atom stereocenters. The summed E-state index contributed by atoms with van der Waals surface area (Å²) in [4.78, 5) is 8.44. The van der Waals surface area contributed by atoms with E-state index in [0.29, 0.717) is 5.15 Å². The van der Waals surface area contributed by atoms with Crippen LogP contribution in [-0.4, -0.2) is 16.5 Å². The van der Waals surface area contributed by atoms with Gasteiger partial charge in [0.2, 0.25) is 0 Å². The number of rotatable bonds is 5. The molecule has 0 radical (unpaired) electrons. The molecule has 1 N–H and O–H groups in total. The summed E-state index contributed by atoms with van der Waals surface area (Å²) in [5, 5.41) is 4.10. The number of nitrogens with zero attached hydrogens (tertiary/aromatic N) is 2. The van der Waals surface area contributed by atoms with Gasteiger partial charge >= 0.3 is 0 Å². The molecule has 1 aromatic heterocycles. The number of aromatic nitrogens is 2. The third kappa shape index (κ3) is 3.82. The van der Waals surface area contributed by atoms with Crippen LogP contribution in [0.15, 0.2) is 6.33 Å². The molecule has 0 spiro atoms. The Morgan fingerprint density at radius 1 is 1.32 bits per heavy atom. The van der Waals surface area contributed by atoms with Crippen molar-refractivity contribution in [1.82, 2.24) is 9.97 Å². The SMILES string of the molecule is CCCc1c(Cl)ncnc1NCC1CCCCC1C. The van der Waals surface area contributed by atoms with E-state index < -0.39 is 0 Å². The Labute approximate surface area is 121 Å². The molecule has 1 aromatic rings. The van der Waals surface area contributed by atoms with Crippen molar-refractivity contribution in [3.63, 3.8) is 0 Å². The summed E-state index contributed by atoms with van der Waals surface area (Å²) in [5.74, 6) is 2.50. The lowest BCUT2D eigenvalue weighted by Crippen LogP contribution is -2.25. The van der Waals surface area contributed by atoms with Gasteiger partial charge in [-0.15, -0.1) is 0 Å². The van der Waals surface area contributed by atoms with Crippen LogP contribution in [0, 0.1) is 11.8 Å². The summed E-state index contributed by atoms with van der Waals surface area (Å²) in [6.07, 6.45) is 8.98. The number of hydrogen-bond donors (Lipinski definition) is 1. The molecule has 2 unspecified atom stereocenters. The van der Waals surface area contributed by atoms with Gasteiger partial charge in [-0.05, 0) is 24.7 Å². The molecule has 106 valence electrons. The molecule has 0 aliphatic heterocycles. The van der Waals surface area contributed by atoms with Crippen molar-refractivity contribution in [3.8, 4) is 0 Å². The highest BCUT2D eigenvalue weighted by atomic mass is 35.5. The molecule has 2 rings (SSSR count). The summed E-state index contributed by atoms with van der Waals surface area (Å²) in [6, 6.07) is 0. The predicted molar refractivity (Wildman–Crippen MR) is 80.6 cm³/mol. The molecule has 0 amide bonds. The second kappa shape index (κ2) is 7.09. The first kappa shape index (κ1) is 14.6. The Kier molecular flexibility index (Phi) is 5.44. The van der Waals surface area contributed by atoms with Crippen LogP contribution in [0.2, 0.25) is 5.15 Å². The van der Waals surface area contributed by atoms with E-state index >= 15 is 0 Å². The van der Waals surface area contributed by atoms with Crippen LogP contribution >= 0.6 is 11.6 Å². The van der Waals surface area contributed by atoms with Crippen LogP contribution < -0.4 is 5.32 Å². The summed E-state index contributed by atoms with van der Waals surface area (Å²) < 4.78 is 0. The fraction of sp³-hybridized carbons (Fsp3) is 0.733. The molecule has 1 aliphatic carbocycles. The molecular weight excluding hydrogens is 258 g/mol. The summed E-state index contributed by atoms with van der Waals surface area (Å²) in [6.45, 7) is 5.52. The molecular formula is C15H24ClN3. The predicted octanol–water partition coefficient (Wildman–Crippen LogP) is 4.32. The molecule has 1 aliphatic rings. The van der Waals surface area contributed by atoms with Gasteiger partial charge in [0.15, 0.2) is 0 Å². The van der Waals surface area contributed by atoms with Crippen LogP contribution in [0.25, 0.3) is 0 Å². The third-order valence-corrected chi connectivity index (χ3v) is 4.54. The van der Waals surface area contributed by atoms with E-state index in [-0.39, 0.29) is 0 Å². The van der Waals surface area contributed by atoms with Gasteiger partial charge in [0, 0.05) is 12.1 Å². The average Bonchev–Trinajstić information content (AvgIpc) is 2.41. The zero-order valence-electron chi connectivity index (χ0n) is 12.0. The topological polar surface area (TPSA) is 37.8 Å². The van der Waals surface area contributed by atoms with Crippen LogP contribution in [0.3, 0.4) is 0 Å². The second-order valence-corrected chi connectivity index (χ2v) is 6.00. The average molecular weight is 282 g/mol. The molecule has 1 fully saturated rings. The first-order valence-electron chi connectivity index (χ1n) is 7.45. The fourth-order valence-electron chi connectivity index (χ4n) is 2.94. The normalized spacial score (nSPS) is 23.3. The number of halogens is 1. The fourth-order valence-corrected chi connectivity index (χ4v) is 3.17. The van der Waals surface area contributed by atoms with Gasteiger partial charge < -0.3 is 5.32 Å². The quantitative estimate of drug-likeness (QED) is 0.817. The van der Waals surface area contributed by atoms with Crippen molar-refractivity contribution >= 4 is 17.4 Å². The maximum atomic E-state index is 6.17. The lowest BCUT2D eigenvalue weighted by atomic mass is 9.80. The van der Waals surface area contributed by atoms with Crippen LogP contribution in [0.5, 0.6) is 0 Å². The van der Waals surface area contributed by atoms with Gasteiger partial charge in [-0.25, -0.2) is 9.97 Å². The zero-order chi connectivity index (χ0) is 13.7. The minimum Gasteiger partial charge on any atom is -0.369 e. The van der Waals surface area contributed by atoms with Crippen molar-refractivity contribution in [2.45, 2.75) is 52.4 Å². The van der Waals surface area contributed by atoms with Crippen molar-refractivity contribution in [1.29, 1.82) is 0 Å². The smallest absolute Gasteiger partial charge is 0.137 e. The molecule has 19 heavy (non-hydrogen) atoms. The monoisotopic (exact) mass is 281 g/mol. The van der Waals surface area contributed by atoms with E-state index in [1.54, 1.807) is 6.33 Å². The molecule has 0 saturated heterocycles. The molecule has 3 nitrogen and oxygen atoms in total. The molecule has 0 aromatic carbocycles.